The quantitative estimate of drug-likeness (QED) is 0.737. The summed E-state index contributed by atoms with van der Waals surface area (Å²) in [6.07, 6.45) is -2.05. The van der Waals surface area contributed by atoms with Gasteiger partial charge in [0, 0.05) is 19.2 Å². The fraction of sp³-hybridized carbons (Fsp3) is 0.364. The summed E-state index contributed by atoms with van der Waals surface area (Å²) in [7, 11) is 0. The van der Waals surface area contributed by atoms with Crippen molar-refractivity contribution in [3.05, 3.63) is 35.4 Å². The van der Waals surface area contributed by atoms with Gasteiger partial charge in [0.2, 0.25) is 0 Å². The molecule has 0 aromatic heterocycles. The van der Waals surface area contributed by atoms with Gasteiger partial charge in [0.05, 0.1) is 17.8 Å². The number of carbonyl (C=O) groups is 1. The smallest absolute Gasteiger partial charge is 0.257 e. The first-order chi connectivity index (χ1) is 7.99. The average molecular weight is 243 g/mol. The fourth-order valence-electron chi connectivity index (χ4n) is 1.77. The molecule has 1 saturated heterocycles. The van der Waals surface area contributed by atoms with Gasteiger partial charge in [0.1, 0.15) is 11.6 Å². The predicted octanol–water partition coefficient (Wildman–Crippen LogP) is 0.142. The number of amides is 1. The third-order valence-corrected chi connectivity index (χ3v) is 2.71. The van der Waals surface area contributed by atoms with Gasteiger partial charge in [-0.1, -0.05) is 0 Å². The largest absolute Gasteiger partial charge is 0.388 e. The number of hydrogen-bond acceptors (Lipinski definition) is 3. The highest BCUT2D eigenvalue weighted by Gasteiger charge is 2.33. The van der Waals surface area contributed by atoms with Gasteiger partial charge in [-0.05, 0) is 12.1 Å². The Morgan fingerprint density at radius 3 is 2.35 bits per heavy atom. The van der Waals surface area contributed by atoms with E-state index in [2.05, 4.69) is 0 Å². The summed E-state index contributed by atoms with van der Waals surface area (Å²) < 4.78 is 26.0. The number of carbonyl (C=O) groups excluding carboxylic acids is 1. The minimum absolute atomic E-state index is 0.0587. The van der Waals surface area contributed by atoms with E-state index < -0.39 is 29.7 Å². The molecule has 1 heterocycles. The molecule has 92 valence electrons. The van der Waals surface area contributed by atoms with Crippen LogP contribution in [0.5, 0.6) is 0 Å². The Morgan fingerprint density at radius 2 is 1.82 bits per heavy atom. The lowest BCUT2D eigenvalue weighted by atomic mass is 10.2. The molecule has 2 atom stereocenters. The molecule has 0 saturated carbocycles. The molecule has 17 heavy (non-hydrogen) atoms. The van der Waals surface area contributed by atoms with E-state index >= 15 is 0 Å². The Bertz CT molecular complexity index is 442. The summed E-state index contributed by atoms with van der Waals surface area (Å²) >= 11 is 0. The van der Waals surface area contributed by atoms with Crippen LogP contribution in [-0.4, -0.2) is 46.3 Å². The number of aliphatic hydroxyl groups excluding tert-OH is 2. The summed E-state index contributed by atoms with van der Waals surface area (Å²) in [4.78, 5) is 12.9. The van der Waals surface area contributed by atoms with Gasteiger partial charge in [-0.15, -0.1) is 0 Å². The normalized spacial score (nSPS) is 24.1. The first-order valence-corrected chi connectivity index (χ1v) is 5.09. The highest BCUT2D eigenvalue weighted by molar-refractivity contribution is 5.94. The topological polar surface area (TPSA) is 60.8 Å². The van der Waals surface area contributed by atoms with E-state index in [1.54, 1.807) is 0 Å². The molecule has 0 unspecified atom stereocenters. The molecule has 0 radical (unpaired) electrons. The highest BCUT2D eigenvalue weighted by Crippen LogP contribution is 2.17. The van der Waals surface area contributed by atoms with Crippen LogP contribution in [0.3, 0.4) is 0 Å². The number of aliphatic hydroxyl groups is 2. The summed E-state index contributed by atoms with van der Waals surface area (Å²) in [5, 5.41) is 18.6. The van der Waals surface area contributed by atoms with Gasteiger partial charge >= 0.3 is 0 Å². The van der Waals surface area contributed by atoms with Crippen LogP contribution in [0.2, 0.25) is 0 Å². The van der Waals surface area contributed by atoms with Crippen LogP contribution in [-0.2, 0) is 0 Å². The molecule has 1 amide bonds. The number of halogens is 2. The molecular weight excluding hydrogens is 232 g/mol. The fourth-order valence-corrected chi connectivity index (χ4v) is 1.77. The van der Waals surface area contributed by atoms with Crippen LogP contribution in [0.15, 0.2) is 18.2 Å². The molecule has 1 aromatic carbocycles. The second-order valence-corrected chi connectivity index (χ2v) is 3.97. The van der Waals surface area contributed by atoms with Gasteiger partial charge in [-0.2, -0.15) is 0 Å². The second kappa shape index (κ2) is 4.38. The van der Waals surface area contributed by atoms with Crippen LogP contribution in [0.1, 0.15) is 10.4 Å². The van der Waals surface area contributed by atoms with E-state index in [0.717, 1.165) is 17.0 Å². The van der Waals surface area contributed by atoms with E-state index in [4.69, 9.17) is 0 Å². The van der Waals surface area contributed by atoms with Crippen molar-refractivity contribution in [3.8, 4) is 0 Å². The summed E-state index contributed by atoms with van der Waals surface area (Å²) in [6, 6.07) is 2.65. The van der Waals surface area contributed by atoms with Crippen molar-refractivity contribution in [2.45, 2.75) is 12.2 Å². The molecule has 0 bridgehead atoms. The van der Waals surface area contributed by atoms with Gasteiger partial charge < -0.3 is 15.1 Å². The zero-order valence-electron chi connectivity index (χ0n) is 8.81. The van der Waals surface area contributed by atoms with E-state index in [1.807, 2.05) is 0 Å². The van der Waals surface area contributed by atoms with Crippen molar-refractivity contribution in [3.63, 3.8) is 0 Å². The molecule has 1 fully saturated rings. The standard InChI is InChI=1S/C11H11F2NO3/c12-6-1-2-7(8(13)3-6)11(17)14-4-9(15)10(16)5-14/h1-3,9-10,15-16H,4-5H2/t9-,10+. The van der Waals surface area contributed by atoms with Crippen LogP contribution in [0.4, 0.5) is 8.78 Å². The van der Waals surface area contributed by atoms with Crippen molar-refractivity contribution in [1.29, 1.82) is 0 Å². The lowest BCUT2D eigenvalue weighted by Gasteiger charge is -2.15. The summed E-state index contributed by atoms with van der Waals surface area (Å²) in [6.45, 7) is -0.117. The van der Waals surface area contributed by atoms with E-state index in [0.29, 0.717) is 6.07 Å². The van der Waals surface area contributed by atoms with Gasteiger partial charge in [0.25, 0.3) is 5.91 Å². The van der Waals surface area contributed by atoms with Crippen LogP contribution >= 0.6 is 0 Å². The third-order valence-electron chi connectivity index (χ3n) is 2.71. The SMILES string of the molecule is O=C(c1ccc(F)cc1F)N1C[C@@H](O)[C@@H](O)C1. The molecule has 4 nitrogen and oxygen atoms in total. The number of likely N-dealkylation sites (tertiary alicyclic amines) is 1. The zero-order valence-corrected chi connectivity index (χ0v) is 8.81. The summed E-state index contributed by atoms with van der Waals surface area (Å²) in [5.41, 5.74) is -0.271. The van der Waals surface area contributed by atoms with Crippen molar-refractivity contribution < 1.29 is 23.8 Å². The molecule has 0 aliphatic carbocycles. The number of β-amino-alcohol motifs (C(OH)–C–C–N with tert-alkyl or cyclic N) is 2. The van der Waals surface area contributed by atoms with Crippen LogP contribution in [0, 0.1) is 11.6 Å². The van der Waals surface area contributed by atoms with Crippen molar-refractivity contribution in [2.75, 3.05) is 13.1 Å². The number of hydrogen-bond donors (Lipinski definition) is 2. The van der Waals surface area contributed by atoms with Gasteiger partial charge in [-0.25, -0.2) is 8.78 Å². The second-order valence-electron chi connectivity index (χ2n) is 3.97. The molecule has 0 spiro atoms. The molecule has 2 N–H and O–H groups in total. The Hall–Kier alpha value is -1.53. The molecule has 2 rings (SSSR count). The molecule has 1 aromatic rings. The Labute approximate surface area is 96.1 Å². The van der Waals surface area contributed by atoms with Gasteiger partial charge in [0.15, 0.2) is 0 Å². The van der Waals surface area contributed by atoms with Crippen molar-refractivity contribution in [2.24, 2.45) is 0 Å². The number of nitrogens with zero attached hydrogens (tertiary/aromatic N) is 1. The predicted molar refractivity (Wildman–Crippen MR) is 54.3 cm³/mol. The molecule has 1 aliphatic heterocycles. The van der Waals surface area contributed by atoms with Crippen LogP contribution < -0.4 is 0 Å². The maximum atomic E-state index is 13.3. The highest BCUT2D eigenvalue weighted by atomic mass is 19.1. The minimum Gasteiger partial charge on any atom is -0.388 e. The number of benzene rings is 1. The van der Waals surface area contributed by atoms with Gasteiger partial charge in [-0.3, -0.25) is 4.79 Å². The van der Waals surface area contributed by atoms with Crippen LogP contribution in [0.25, 0.3) is 0 Å². The van der Waals surface area contributed by atoms with E-state index in [-0.39, 0.29) is 18.7 Å². The Morgan fingerprint density at radius 1 is 1.24 bits per heavy atom. The lowest BCUT2D eigenvalue weighted by molar-refractivity contribution is 0.0572. The monoisotopic (exact) mass is 243 g/mol. The molecular formula is C11H11F2NO3. The summed E-state index contributed by atoms with van der Waals surface area (Å²) in [5.74, 6) is -2.38. The van der Waals surface area contributed by atoms with Crippen molar-refractivity contribution >= 4 is 5.91 Å². The Kier molecular flexibility index (Phi) is 3.08. The third kappa shape index (κ3) is 2.27. The van der Waals surface area contributed by atoms with Crippen molar-refractivity contribution in [1.82, 2.24) is 4.90 Å². The maximum Gasteiger partial charge on any atom is 0.257 e. The first kappa shape index (κ1) is 11.9. The molecule has 1 aliphatic rings. The minimum atomic E-state index is -1.03. The first-order valence-electron chi connectivity index (χ1n) is 5.09. The Balaban J connectivity index is 2.20. The van der Waals surface area contributed by atoms with E-state index in [1.165, 1.54) is 0 Å². The zero-order chi connectivity index (χ0) is 12.6. The lowest BCUT2D eigenvalue weighted by Crippen LogP contribution is -2.30. The maximum absolute atomic E-state index is 13.3. The molecule has 6 heteroatoms. The number of rotatable bonds is 1. The van der Waals surface area contributed by atoms with E-state index in [9.17, 15) is 23.8 Å². The average Bonchev–Trinajstić information content (AvgIpc) is 2.58.